The molecule has 0 fully saturated rings. The number of thiophene rings is 2. The zero-order valence-electron chi connectivity index (χ0n) is 28.2. The van der Waals surface area contributed by atoms with Gasteiger partial charge >= 0.3 is 0 Å². The van der Waals surface area contributed by atoms with E-state index in [0.29, 0.717) is 0 Å². The lowest BCUT2D eigenvalue weighted by Gasteiger charge is -2.11. The topological polar surface area (TPSA) is 30.7 Å². The summed E-state index contributed by atoms with van der Waals surface area (Å²) in [7, 11) is 0. The van der Waals surface area contributed by atoms with Gasteiger partial charge in [-0.3, -0.25) is 0 Å². The van der Waals surface area contributed by atoms with Crippen molar-refractivity contribution < 1.29 is 0 Å². The molecule has 0 bridgehead atoms. The van der Waals surface area contributed by atoms with Crippen molar-refractivity contribution >= 4 is 106 Å². The number of rotatable bonds is 3. The SMILES string of the molecule is c1ccc2cc(-c3nc(-c4cccc5sc6cc(-n7c8ccccc8c8ccc9ccccc9c87)ccc6c45)nc4c3sc3ccccc34)ccc2c1. The number of benzene rings is 8. The Hall–Kier alpha value is -6.40. The van der Waals surface area contributed by atoms with Gasteiger partial charge in [-0.2, -0.15) is 0 Å². The minimum atomic E-state index is 0.757. The van der Waals surface area contributed by atoms with Crippen LogP contribution in [-0.4, -0.2) is 14.5 Å². The first-order valence-electron chi connectivity index (χ1n) is 17.8. The Morgan fingerprint density at radius 3 is 2.11 bits per heavy atom. The molecule has 0 radical (unpaired) electrons. The maximum Gasteiger partial charge on any atom is 0.161 e. The van der Waals surface area contributed by atoms with E-state index in [2.05, 4.69) is 168 Å². The standard InChI is InChI=1S/C48H27N3S2/c1-2-12-30-26-31(21-20-28(30)10-1)44-47-45(37-15-6-8-18-40(37)53-47)50-48(49-44)38-16-9-19-41-43(38)36-25-23-32(27-42(36)52-41)51-39-17-7-5-14-34(39)35-24-22-29-11-3-4-13-33(29)46(35)51/h1-27H. The third-order valence-corrected chi connectivity index (χ3v) is 13.1. The molecule has 0 spiro atoms. The highest BCUT2D eigenvalue weighted by Crippen LogP contribution is 2.45. The normalized spacial score (nSPS) is 12.2. The number of fused-ring (bicyclic) bond motifs is 12. The first-order chi connectivity index (χ1) is 26.3. The van der Waals surface area contributed by atoms with Crippen LogP contribution >= 0.6 is 22.7 Å². The van der Waals surface area contributed by atoms with Gasteiger partial charge in [-0.25, -0.2) is 9.97 Å². The van der Waals surface area contributed by atoms with Gasteiger partial charge in [0.2, 0.25) is 0 Å². The van der Waals surface area contributed by atoms with E-state index in [1.165, 1.54) is 73.6 Å². The average molecular weight is 710 g/mol. The van der Waals surface area contributed by atoms with Gasteiger partial charge < -0.3 is 4.57 Å². The second-order valence-electron chi connectivity index (χ2n) is 13.7. The van der Waals surface area contributed by atoms with Crippen LogP contribution in [0.4, 0.5) is 0 Å². The highest BCUT2D eigenvalue weighted by Gasteiger charge is 2.21. The van der Waals surface area contributed by atoms with Gasteiger partial charge in [0.05, 0.1) is 26.9 Å². The fourth-order valence-corrected chi connectivity index (χ4v) is 10.7. The first kappa shape index (κ1) is 29.2. The lowest BCUT2D eigenvalue weighted by atomic mass is 10.0. The van der Waals surface area contributed by atoms with Crippen LogP contribution in [0.15, 0.2) is 164 Å². The molecule has 4 heterocycles. The van der Waals surface area contributed by atoms with Crippen molar-refractivity contribution in [3.63, 3.8) is 0 Å². The number of para-hydroxylation sites is 1. The summed E-state index contributed by atoms with van der Waals surface area (Å²) in [6.45, 7) is 0. The number of hydrogen-bond acceptors (Lipinski definition) is 4. The van der Waals surface area contributed by atoms with Crippen molar-refractivity contribution in [2.45, 2.75) is 0 Å². The quantitative estimate of drug-likeness (QED) is 0.183. The highest BCUT2D eigenvalue weighted by atomic mass is 32.1. The molecule has 0 saturated carbocycles. The molecule has 3 nitrogen and oxygen atoms in total. The number of aromatic nitrogens is 3. The summed E-state index contributed by atoms with van der Waals surface area (Å²) in [5.41, 5.74) is 7.78. The zero-order chi connectivity index (χ0) is 34.6. The van der Waals surface area contributed by atoms with Crippen molar-refractivity contribution in [2.24, 2.45) is 0 Å². The maximum absolute atomic E-state index is 5.44. The zero-order valence-corrected chi connectivity index (χ0v) is 29.9. The third-order valence-electron chi connectivity index (χ3n) is 10.8. The fourth-order valence-electron chi connectivity index (χ4n) is 8.38. The van der Waals surface area contributed by atoms with Crippen LogP contribution in [0.3, 0.4) is 0 Å². The van der Waals surface area contributed by atoms with Crippen molar-refractivity contribution in [2.75, 3.05) is 0 Å². The van der Waals surface area contributed by atoms with Crippen LogP contribution in [0.1, 0.15) is 0 Å². The van der Waals surface area contributed by atoms with E-state index < -0.39 is 0 Å². The van der Waals surface area contributed by atoms with E-state index >= 15 is 0 Å². The summed E-state index contributed by atoms with van der Waals surface area (Å²) < 4.78 is 7.27. The summed E-state index contributed by atoms with van der Waals surface area (Å²) in [4.78, 5) is 10.8. The van der Waals surface area contributed by atoms with Gasteiger partial charge in [-0.05, 0) is 52.6 Å². The van der Waals surface area contributed by atoms with E-state index in [1.54, 1.807) is 11.3 Å². The van der Waals surface area contributed by atoms with Crippen LogP contribution in [0.2, 0.25) is 0 Å². The van der Waals surface area contributed by atoms with E-state index in [4.69, 9.17) is 9.97 Å². The lowest BCUT2D eigenvalue weighted by Crippen LogP contribution is -1.95. The first-order valence-corrected chi connectivity index (χ1v) is 19.5. The van der Waals surface area contributed by atoms with E-state index in [1.807, 2.05) is 11.3 Å². The molecule has 0 aliphatic carbocycles. The van der Waals surface area contributed by atoms with Crippen LogP contribution < -0.4 is 0 Å². The second kappa shape index (κ2) is 11.1. The molecule has 0 aliphatic rings. The molecule has 0 aliphatic heterocycles. The average Bonchev–Trinajstić information content (AvgIpc) is 3.89. The van der Waals surface area contributed by atoms with E-state index in [9.17, 15) is 0 Å². The Kier molecular flexibility index (Phi) is 6.09. The highest BCUT2D eigenvalue weighted by molar-refractivity contribution is 7.26. The molecule has 12 aromatic rings. The van der Waals surface area contributed by atoms with E-state index in [-0.39, 0.29) is 0 Å². The van der Waals surface area contributed by atoms with Crippen molar-refractivity contribution in [3.8, 4) is 28.3 Å². The molecule has 246 valence electrons. The van der Waals surface area contributed by atoms with Crippen molar-refractivity contribution in [1.29, 1.82) is 0 Å². The molecule has 53 heavy (non-hydrogen) atoms. The summed E-state index contributed by atoms with van der Waals surface area (Å²) in [5.74, 6) is 0.757. The molecule has 0 saturated heterocycles. The largest absolute Gasteiger partial charge is 0.309 e. The van der Waals surface area contributed by atoms with Gasteiger partial charge in [-0.15, -0.1) is 22.7 Å². The van der Waals surface area contributed by atoms with Crippen LogP contribution in [0, 0.1) is 0 Å². The Bertz CT molecular complexity index is 3480. The predicted molar refractivity (Wildman–Crippen MR) is 228 cm³/mol. The molecule has 12 rings (SSSR count). The number of hydrogen-bond donors (Lipinski definition) is 0. The molecular weight excluding hydrogens is 683 g/mol. The second-order valence-corrected chi connectivity index (χ2v) is 15.9. The molecule has 8 aromatic carbocycles. The predicted octanol–water partition coefficient (Wildman–Crippen LogP) is 13.9. The van der Waals surface area contributed by atoms with Crippen LogP contribution in [0.25, 0.3) is 112 Å². The van der Waals surface area contributed by atoms with Gasteiger partial charge in [0.25, 0.3) is 0 Å². The van der Waals surface area contributed by atoms with Gasteiger partial charge in [0.1, 0.15) is 0 Å². The minimum absolute atomic E-state index is 0.757. The van der Waals surface area contributed by atoms with Gasteiger partial charge in [0, 0.05) is 63.2 Å². The molecular formula is C48H27N3S2. The minimum Gasteiger partial charge on any atom is -0.309 e. The maximum atomic E-state index is 5.44. The Balaban J connectivity index is 1.10. The number of nitrogens with zero attached hydrogens (tertiary/aromatic N) is 3. The molecule has 0 amide bonds. The van der Waals surface area contributed by atoms with Crippen LogP contribution in [0.5, 0.6) is 0 Å². The van der Waals surface area contributed by atoms with Crippen molar-refractivity contribution in [1.82, 2.24) is 14.5 Å². The smallest absolute Gasteiger partial charge is 0.161 e. The summed E-state index contributed by atoms with van der Waals surface area (Å²) in [6.07, 6.45) is 0. The monoisotopic (exact) mass is 709 g/mol. The van der Waals surface area contributed by atoms with Crippen LogP contribution in [-0.2, 0) is 0 Å². The summed E-state index contributed by atoms with van der Waals surface area (Å²) >= 11 is 3.62. The Morgan fingerprint density at radius 1 is 0.453 bits per heavy atom. The van der Waals surface area contributed by atoms with E-state index in [0.717, 1.165) is 38.5 Å². The molecule has 4 aromatic heterocycles. The third kappa shape index (κ3) is 4.26. The molecule has 0 atom stereocenters. The van der Waals surface area contributed by atoms with Gasteiger partial charge in [0.15, 0.2) is 5.82 Å². The Labute approximate surface area is 311 Å². The molecule has 0 N–H and O–H groups in total. The summed E-state index contributed by atoms with van der Waals surface area (Å²) in [5, 5.41) is 11.1. The fraction of sp³-hybridized carbons (Fsp3) is 0. The Morgan fingerprint density at radius 2 is 1.19 bits per heavy atom. The lowest BCUT2D eigenvalue weighted by molar-refractivity contribution is 1.19. The van der Waals surface area contributed by atoms with Gasteiger partial charge in [-0.1, -0.05) is 127 Å². The summed E-state index contributed by atoms with van der Waals surface area (Å²) in [6, 6.07) is 59.4. The molecule has 5 heteroatoms. The molecule has 0 unspecified atom stereocenters. The van der Waals surface area contributed by atoms with Crippen molar-refractivity contribution in [3.05, 3.63) is 164 Å².